The topological polar surface area (TPSA) is 137 Å². The summed E-state index contributed by atoms with van der Waals surface area (Å²) >= 11 is 0. The van der Waals surface area contributed by atoms with E-state index in [9.17, 15) is 19.7 Å². The molecule has 0 aliphatic heterocycles. The Hall–Kier alpha value is -3.30. The molecule has 0 spiro atoms. The van der Waals surface area contributed by atoms with Gasteiger partial charge in [-0.15, -0.1) is 0 Å². The Balaban J connectivity index is 2.68. The largest absolute Gasteiger partial charge is 0.493 e. The number of nitrogens with zero attached hydrogens (tertiary/aromatic N) is 1. The summed E-state index contributed by atoms with van der Waals surface area (Å²) in [6.45, 7) is 1.26. The minimum absolute atomic E-state index is 0.143. The molecule has 0 atom stereocenters. The van der Waals surface area contributed by atoms with Crippen LogP contribution < -0.4 is 14.8 Å². The number of rotatable bonds is 9. The molecule has 1 amide bonds. The highest BCUT2D eigenvalue weighted by atomic mass is 16.6. The van der Waals surface area contributed by atoms with E-state index in [0.29, 0.717) is 6.42 Å². The molecule has 0 aromatic heterocycles. The van der Waals surface area contributed by atoms with Gasteiger partial charge in [-0.05, 0) is 19.4 Å². The summed E-state index contributed by atoms with van der Waals surface area (Å²) in [6, 6.07) is 2.55. The van der Waals surface area contributed by atoms with Crippen LogP contribution >= 0.6 is 0 Å². The van der Waals surface area contributed by atoms with Crippen LogP contribution in [-0.2, 0) is 16.1 Å². The van der Waals surface area contributed by atoms with Gasteiger partial charge in [0.1, 0.15) is 6.61 Å². The number of carbonyl (C=O) groups is 2. The van der Waals surface area contributed by atoms with E-state index in [1.807, 2.05) is 0 Å². The lowest BCUT2D eigenvalue weighted by Gasteiger charge is -2.11. The second kappa shape index (κ2) is 9.87. The molecule has 0 saturated carbocycles. The molecule has 10 heteroatoms. The molecule has 10 nitrogen and oxygen atoms in total. The normalized spacial score (nSPS) is 10.8. The van der Waals surface area contributed by atoms with Gasteiger partial charge in [-0.25, -0.2) is 9.59 Å². The van der Waals surface area contributed by atoms with Gasteiger partial charge in [0.2, 0.25) is 0 Å². The molecule has 2 N–H and O–H groups in total. The molecular weight excluding hydrogens is 348 g/mol. The van der Waals surface area contributed by atoms with E-state index >= 15 is 0 Å². The molecule has 0 aliphatic carbocycles. The maximum atomic E-state index is 11.7. The van der Waals surface area contributed by atoms with Crippen molar-refractivity contribution in [3.05, 3.63) is 39.5 Å². The first-order valence-corrected chi connectivity index (χ1v) is 7.50. The van der Waals surface area contributed by atoms with E-state index in [4.69, 9.17) is 19.3 Å². The number of hydrogen-bond acceptors (Lipinski definition) is 7. The lowest BCUT2D eigenvalue weighted by atomic mass is 10.1. The number of nitro groups is 1. The quantitative estimate of drug-likeness (QED) is 0.293. The van der Waals surface area contributed by atoms with Crippen molar-refractivity contribution in [1.29, 1.82) is 0 Å². The summed E-state index contributed by atoms with van der Waals surface area (Å²) in [5.41, 5.74) is 0.0426. The number of carboxylic acid groups (broad SMARTS) is 1. The fraction of sp³-hybridized carbons (Fsp3) is 0.375. The van der Waals surface area contributed by atoms with Gasteiger partial charge in [-0.2, -0.15) is 0 Å². The van der Waals surface area contributed by atoms with Crippen molar-refractivity contribution >= 4 is 17.7 Å². The molecule has 26 heavy (non-hydrogen) atoms. The average molecular weight is 368 g/mol. The number of nitrogens with one attached hydrogen (secondary N) is 1. The molecule has 142 valence electrons. The number of nitro benzene ring substituents is 1. The van der Waals surface area contributed by atoms with Gasteiger partial charge in [0.25, 0.3) is 5.69 Å². The molecule has 0 aliphatic rings. The first kappa shape index (κ1) is 20.7. The molecule has 1 aromatic rings. The van der Waals surface area contributed by atoms with Crippen molar-refractivity contribution in [2.24, 2.45) is 0 Å². The number of methoxy groups -OCH3 is 2. The van der Waals surface area contributed by atoms with E-state index < -0.39 is 17.0 Å². The van der Waals surface area contributed by atoms with Crippen LogP contribution in [0.5, 0.6) is 11.5 Å². The minimum atomic E-state index is -1.03. The summed E-state index contributed by atoms with van der Waals surface area (Å²) in [4.78, 5) is 32.8. The SMILES string of the molecule is COc1cc(COC(=O)NCCC=C(C)C(=O)O)c([N+](=O)[O-])cc1OC. The Kier molecular flexibility index (Phi) is 7.87. The van der Waals surface area contributed by atoms with Gasteiger partial charge in [0, 0.05) is 12.1 Å². The van der Waals surface area contributed by atoms with Crippen LogP contribution in [-0.4, -0.2) is 42.9 Å². The van der Waals surface area contributed by atoms with Crippen molar-refractivity contribution in [3.63, 3.8) is 0 Å². The van der Waals surface area contributed by atoms with Gasteiger partial charge in [0.15, 0.2) is 11.5 Å². The zero-order valence-electron chi connectivity index (χ0n) is 14.6. The highest BCUT2D eigenvalue weighted by molar-refractivity contribution is 5.85. The fourth-order valence-corrected chi connectivity index (χ4v) is 1.94. The third kappa shape index (κ3) is 5.96. The molecule has 0 fully saturated rings. The second-order valence-corrected chi connectivity index (χ2v) is 5.08. The number of benzene rings is 1. The van der Waals surface area contributed by atoms with Crippen LogP contribution in [0.3, 0.4) is 0 Å². The lowest BCUT2D eigenvalue weighted by Crippen LogP contribution is -2.25. The van der Waals surface area contributed by atoms with Crippen LogP contribution in [0.1, 0.15) is 18.9 Å². The van der Waals surface area contributed by atoms with Crippen LogP contribution in [0.4, 0.5) is 10.5 Å². The highest BCUT2D eigenvalue weighted by Crippen LogP contribution is 2.34. The van der Waals surface area contributed by atoms with Gasteiger partial charge >= 0.3 is 12.1 Å². The number of carboxylic acids is 1. The van der Waals surface area contributed by atoms with Crippen LogP contribution in [0.2, 0.25) is 0 Å². The van der Waals surface area contributed by atoms with Crippen molar-refractivity contribution in [2.75, 3.05) is 20.8 Å². The monoisotopic (exact) mass is 368 g/mol. The van der Waals surface area contributed by atoms with E-state index in [1.54, 1.807) is 0 Å². The number of alkyl carbamates (subject to hydrolysis) is 1. The Bertz CT molecular complexity index is 714. The van der Waals surface area contributed by atoms with Crippen LogP contribution in [0, 0.1) is 10.1 Å². The molecule has 1 rings (SSSR count). The predicted molar refractivity (Wildman–Crippen MR) is 90.4 cm³/mol. The summed E-state index contributed by atoms with van der Waals surface area (Å²) in [5.74, 6) is -0.576. The first-order valence-electron chi connectivity index (χ1n) is 7.50. The molecule has 0 heterocycles. The third-order valence-electron chi connectivity index (χ3n) is 3.34. The molecule has 0 radical (unpaired) electrons. The molecule has 0 bridgehead atoms. The highest BCUT2D eigenvalue weighted by Gasteiger charge is 2.20. The number of aliphatic carboxylic acids is 1. The molecular formula is C16H20N2O8. The van der Waals surface area contributed by atoms with Crippen LogP contribution in [0.25, 0.3) is 0 Å². The summed E-state index contributed by atoms with van der Waals surface area (Å²) < 4.78 is 15.1. The summed E-state index contributed by atoms with van der Waals surface area (Å²) in [7, 11) is 2.74. The number of amides is 1. The van der Waals surface area contributed by atoms with Gasteiger partial charge in [0.05, 0.1) is 30.8 Å². The van der Waals surface area contributed by atoms with Crippen LogP contribution in [0.15, 0.2) is 23.8 Å². The Morgan fingerprint density at radius 2 is 1.88 bits per heavy atom. The van der Waals surface area contributed by atoms with E-state index in [-0.39, 0.29) is 41.5 Å². The smallest absolute Gasteiger partial charge is 0.407 e. The van der Waals surface area contributed by atoms with Crippen molar-refractivity contribution in [1.82, 2.24) is 5.32 Å². The van der Waals surface area contributed by atoms with Crippen molar-refractivity contribution in [2.45, 2.75) is 20.0 Å². The molecule has 1 aromatic carbocycles. The number of hydrogen-bond donors (Lipinski definition) is 2. The zero-order valence-corrected chi connectivity index (χ0v) is 14.6. The molecule has 0 unspecified atom stereocenters. The van der Waals surface area contributed by atoms with Crippen molar-refractivity contribution < 1.29 is 33.8 Å². The number of ether oxygens (including phenoxy) is 3. The maximum absolute atomic E-state index is 11.7. The van der Waals surface area contributed by atoms with E-state index in [2.05, 4.69) is 5.32 Å². The fourth-order valence-electron chi connectivity index (χ4n) is 1.94. The van der Waals surface area contributed by atoms with Crippen molar-refractivity contribution in [3.8, 4) is 11.5 Å². The van der Waals surface area contributed by atoms with E-state index in [1.165, 1.54) is 39.4 Å². The third-order valence-corrected chi connectivity index (χ3v) is 3.34. The van der Waals surface area contributed by atoms with Gasteiger partial charge in [-0.3, -0.25) is 10.1 Å². The predicted octanol–water partition coefficient (Wildman–Crippen LogP) is 2.26. The Morgan fingerprint density at radius 3 is 2.42 bits per heavy atom. The lowest BCUT2D eigenvalue weighted by molar-refractivity contribution is -0.385. The number of carbonyl (C=O) groups excluding carboxylic acids is 1. The molecule has 0 saturated heterocycles. The Morgan fingerprint density at radius 1 is 1.27 bits per heavy atom. The minimum Gasteiger partial charge on any atom is -0.493 e. The van der Waals surface area contributed by atoms with Gasteiger partial charge < -0.3 is 24.6 Å². The average Bonchev–Trinajstić information content (AvgIpc) is 2.62. The summed E-state index contributed by atoms with van der Waals surface area (Å²) in [5, 5.41) is 22.3. The second-order valence-electron chi connectivity index (χ2n) is 5.08. The van der Waals surface area contributed by atoms with E-state index in [0.717, 1.165) is 0 Å². The zero-order chi connectivity index (χ0) is 19.7. The first-order chi connectivity index (χ1) is 12.3. The Labute approximate surface area is 149 Å². The summed E-state index contributed by atoms with van der Waals surface area (Å²) in [6.07, 6.45) is 0.987. The maximum Gasteiger partial charge on any atom is 0.407 e. The van der Waals surface area contributed by atoms with Gasteiger partial charge in [-0.1, -0.05) is 6.08 Å². The standard InChI is InChI=1S/C16H20N2O8/c1-10(15(19)20)5-4-6-17-16(21)26-9-11-7-13(24-2)14(25-3)8-12(11)18(22)23/h5,7-8H,4,6,9H2,1-3H3,(H,17,21)(H,19,20).